The highest BCUT2D eigenvalue weighted by molar-refractivity contribution is 7.89. The fraction of sp³-hybridized carbons (Fsp3) is 0.400. The van der Waals surface area contributed by atoms with Crippen LogP contribution >= 0.6 is 0 Å². The van der Waals surface area contributed by atoms with Gasteiger partial charge in [0, 0.05) is 18.2 Å². The summed E-state index contributed by atoms with van der Waals surface area (Å²) in [6.07, 6.45) is 1.06. The minimum atomic E-state index is -3.94. The molecule has 1 saturated carbocycles. The van der Waals surface area contributed by atoms with Gasteiger partial charge in [-0.05, 0) is 25.0 Å². The summed E-state index contributed by atoms with van der Waals surface area (Å²) < 4.78 is 51.8. The van der Waals surface area contributed by atoms with E-state index in [0.29, 0.717) is 18.9 Å². The van der Waals surface area contributed by atoms with Crippen LogP contribution in [0.2, 0.25) is 0 Å². The van der Waals surface area contributed by atoms with Crippen molar-refractivity contribution in [3.8, 4) is 0 Å². The third kappa shape index (κ3) is 2.62. The second kappa shape index (κ2) is 4.32. The van der Waals surface area contributed by atoms with Crippen molar-refractivity contribution < 1.29 is 17.2 Å². The molecule has 4 nitrogen and oxygen atoms in total. The Bertz CT molecular complexity index is 527. The van der Waals surface area contributed by atoms with Crippen LogP contribution in [-0.2, 0) is 10.0 Å². The molecule has 3 N–H and O–H groups in total. The molecule has 0 aromatic heterocycles. The third-order valence-electron chi connectivity index (χ3n) is 2.68. The average molecular weight is 262 g/mol. The smallest absolute Gasteiger partial charge is 0.243 e. The van der Waals surface area contributed by atoms with Gasteiger partial charge in [-0.25, -0.2) is 21.9 Å². The van der Waals surface area contributed by atoms with Crippen molar-refractivity contribution in [3.63, 3.8) is 0 Å². The second-order valence-electron chi connectivity index (χ2n) is 4.12. The molecule has 1 fully saturated rings. The first kappa shape index (κ1) is 12.4. The van der Waals surface area contributed by atoms with E-state index in [1.807, 2.05) is 0 Å². The molecule has 1 aliphatic carbocycles. The molecule has 94 valence electrons. The number of rotatable bonds is 3. The van der Waals surface area contributed by atoms with Gasteiger partial charge in [-0.2, -0.15) is 0 Å². The summed E-state index contributed by atoms with van der Waals surface area (Å²) in [4.78, 5) is -0.542. The minimum absolute atomic E-state index is 0.0132. The fourth-order valence-electron chi connectivity index (χ4n) is 1.73. The predicted molar refractivity (Wildman–Crippen MR) is 57.7 cm³/mol. The molecule has 0 amide bonds. The van der Waals surface area contributed by atoms with E-state index in [4.69, 9.17) is 5.73 Å². The quantitative estimate of drug-likeness (QED) is 0.843. The summed E-state index contributed by atoms with van der Waals surface area (Å²) >= 11 is 0. The maximum atomic E-state index is 13.3. The molecule has 7 heteroatoms. The molecule has 0 saturated heterocycles. The molecule has 1 aromatic rings. The van der Waals surface area contributed by atoms with Crippen molar-refractivity contribution >= 4 is 10.0 Å². The summed E-state index contributed by atoms with van der Waals surface area (Å²) in [6.45, 7) is 0. The number of hydrogen-bond acceptors (Lipinski definition) is 3. The largest absolute Gasteiger partial charge is 0.328 e. The Hall–Kier alpha value is -1.05. The molecule has 1 aliphatic rings. The highest BCUT2D eigenvalue weighted by Crippen LogP contribution is 2.22. The van der Waals surface area contributed by atoms with Crippen molar-refractivity contribution in [2.24, 2.45) is 5.73 Å². The van der Waals surface area contributed by atoms with E-state index in [9.17, 15) is 17.2 Å². The Morgan fingerprint density at radius 2 is 1.94 bits per heavy atom. The molecule has 0 unspecified atom stereocenters. The van der Waals surface area contributed by atoms with E-state index in [-0.39, 0.29) is 12.1 Å². The van der Waals surface area contributed by atoms with Gasteiger partial charge in [0.2, 0.25) is 10.0 Å². The van der Waals surface area contributed by atoms with Crippen LogP contribution < -0.4 is 10.5 Å². The van der Waals surface area contributed by atoms with Crippen molar-refractivity contribution in [1.82, 2.24) is 4.72 Å². The van der Waals surface area contributed by atoms with Crippen LogP contribution in [0.25, 0.3) is 0 Å². The first-order valence-electron chi connectivity index (χ1n) is 5.11. The Balaban J connectivity index is 2.20. The van der Waals surface area contributed by atoms with Crippen molar-refractivity contribution in [2.75, 3.05) is 0 Å². The van der Waals surface area contributed by atoms with Crippen molar-refractivity contribution in [2.45, 2.75) is 29.8 Å². The van der Waals surface area contributed by atoms with Gasteiger partial charge in [-0.1, -0.05) is 0 Å². The number of sulfonamides is 1. The number of benzene rings is 1. The first-order chi connectivity index (χ1) is 7.88. The summed E-state index contributed by atoms with van der Waals surface area (Å²) in [5, 5.41) is 0. The molecule has 0 bridgehead atoms. The fourth-order valence-corrected chi connectivity index (χ4v) is 3.06. The van der Waals surface area contributed by atoms with Crippen LogP contribution in [0, 0.1) is 11.6 Å². The molecular formula is C10H12F2N2O2S. The molecule has 17 heavy (non-hydrogen) atoms. The van der Waals surface area contributed by atoms with E-state index in [1.54, 1.807) is 0 Å². The van der Waals surface area contributed by atoms with Gasteiger partial charge >= 0.3 is 0 Å². The Labute approximate surface area is 97.9 Å². The van der Waals surface area contributed by atoms with Gasteiger partial charge in [0.1, 0.15) is 16.5 Å². The van der Waals surface area contributed by atoms with Gasteiger partial charge in [0.25, 0.3) is 0 Å². The first-order valence-corrected chi connectivity index (χ1v) is 6.60. The SMILES string of the molecule is NC1CC(NS(=O)(=O)c2ccc(F)cc2F)C1. The van der Waals surface area contributed by atoms with Gasteiger partial charge in [-0.15, -0.1) is 0 Å². The van der Waals surface area contributed by atoms with Gasteiger partial charge in [-0.3, -0.25) is 0 Å². The monoisotopic (exact) mass is 262 g/mol. The lowest BCUT2D eigenvalue weighted by Gasteiger charge is -2.32. The van der Waals surface area contributed by atoms with Crippen LogP contribution in [-0.4, -0.2) is 20.5 Å². The van der Waals surface area contributed by atoms with E-state index in [0.717, 1.165) is 12.1 Å². The van der Waals surface area contributed by atoms with E-state index < -0.39 is 26.6 Å². The lowest BCUT2D eigenvalue weighted by Crippen LogP contribution is -2.50. The molecule has 1 aromatic carbocycles. The van der Waals surface area contributed by atoms with Crippen molar-refractivity contribution in [1.29, 1.82) is 0 Å². The molecule has 0 heterocycles. The maximum absolute atomic E-state index is 13.3. The zero-order chi connectivity index (χ0) is 12.6. The number of nitrogens with one attached hydrogen (secondary N) is 1. The molecule has 0 atom stereocenters. The van der Waals surface area contributed by atoms with Gasteiger partial charge < -0.3 is 5.73 Å². The zero-order valence-electron chi connectivity index (χ0n) is 8.86. The topological polar surface area (TPSA) is 72.2 Å². The second-order valence-corrected chi connectivity index (χ2v) is 5.81. The summed E-state index contributed by atoms with van der Waals surface area (Å²) in [7, 11) is -3.94. The van der Waals surface area contributed by atoms with E-state index in [2.05, 4.69) is 4.72 Å². The Morgan fingerprint density at radius 1 is 1.29 bits per heavy atom. The highest BCUT2D eigenvalue weighted by atomic mass is 32.2. The van der Waals surface area contributed by atoms with Crippen LogP contribution in [0.5, 0.6) is 0 Å². The van der Waals surface area contributed by atoms with E-state index in [1.165, 1.54) is 0 Å². The molecular weight excluding hydrogens is 250 g/mol. The van der Waals surface area contributed by atoms with Crippen LogP contribution in [0.15, 0.2) is 23.1 Å². The summed E-state index contributed by atoms with van der Waals surface area (Å²) in [6, 6.07) is 2.08. The predicted octanol–water partition coefficient (Wildman–Crippen LogP) is 0.733. The van der Waals surface area contributed by atoms with Crippen LogP contribution in [0.4, 0.5) is 8.78 Å². The average Bonchev–Trinajstić information content (AvgIpc) is 2.14. The maximum Gasteiger partial charge on any atom is 0.243 e. The zero-order valence-corrected chi connectivity index (χ0v) is 9.68. The molecule has 0 radical (unpaired) electrons. The third-order valence-corrected chi connectivity index (χ3v) is 4.23. The van der Waals surface area contributed by atoms with Crippen LogP contribution in [0.3, 0.4) is 0 Å². The number of halogens is 2. The lowest BCUT2D eigenvalue weighted by atomic mass is 9.89. The summed E-state index contributed by atoms with van der Waals surface area (Å²) in [5.74, 6) is -1.91. The lowest BCUT2D eigenvalue weighted by molar-refractivity contribution is 0.326. The number of nitrogens with two attached hydrogens (primary N) is 1. The normalized spacial score (nSPS) is 24.4. The van der Waals surface area contributed by atoms with Gasteiger partial charge in [0.05, 0.1) is 0 Å². The highest BCUT2D eigenvalue weighted by Gasteiger charge is 2.31. The van der Waals surface area contributed by atoms with Gasteiger partial charge in [0.15, 0.2) is 0 Å². The Morgan fingerprint density at radius 3 is 2.47 bits per heavy atom. The molecule has 2 rings (SSSR count). The summed E-state index contributed by atoms with van der Waals surface area (Å²) in [5.41, 5.74) is 5.52. The number of hydrogen-bond donors (Lipinski definition) is 2. The van der Waals surface area contributed by atoms with Crippen LogP contribution in [0.1, 0.15) is 12.8 Å². The van der Waals surface area contributed by atoms with E-state index >= 15 is 0 Å². The standard InChI is InChI=1S/C10H12F2N2O2S/c11-6-1-2-10(9(12)3-6)17(15,16)14-8-4-7(13)5-8/h1-3,7-8,14H,4-5,13H2. The Kier molecular flexibility index (Phi) is 3.15. The molecule has 0 aliphatic heterocycles. The molecule has 0 spiro atoms. The van der Waals surface area contributed by atoms with Crippen molar-refractivity contribution in [3.05, 3.63) is 29.8 Å². The minimum Gasteiger partial charge on any atom is -0.328 e.